The molecule has 0 unspecified atom stereocenters. The number of morpholine rings is 1. The van der Waals surface area contributed by atoms with Crippen molar-refractivity contribution < 1.29 is 9.13 Å². The average molecular weight is 224 g/mol. The van der Waals surface area contributed by atoms with Gasteiger partial charge in [-0.1, -0.05) is 12.1 Å². The molecule has 1 aliphatic rings. The number of halogens is 1. The molecule has 0 saturated carbocycles. The van der Waals surface area contributed by atoms with E-state index in [1.54, 1.807) is 0 Å². The van der Waals surface area contributed by atoms with E-state index >= 15 is 0 Å². The molecule has 1 fully saturated rings. The van der Waals surface area contributed by atoms with E-state index in [-0.39, 0.29) is 11.9 Å². The Morgan fingerprint density at radius 2 is 1.88 bits per heavy atom. The summed E-state index contributed by atoms with van der Waals surface area (Å²) in [6, 6.07) is 6.76. The predicted octanol–water partition coefficient (Wildman–Crippen LogP) is 1.16. The number of hydrogen-bond donors (Lipinski definition) is 1. The second-order valence-electron chi connectivity index (χ2n) is 3.95. The Bertz CT molecular complexity index is 322. The zero-order valence-corrected chi connectivity index (χ0v) is 9.23. The number of ether oxygens (including phenoxy) is 1. The maximum atomic E-state index is 12.8. The first-order chi connectivity index (χ1) is 7.81. The van der Waals surface area contributed by atoms with Crippen LogP contribution in [0.15, 0.2) is 24.3 Å². The van der Waals surface area contributed by atoms with Crippen molar-refractivity contribution in [3.05, 3.63) is 35.6 Å². The number of rotatable bonds is 3. The lowest BCUT2D eigenvalue weighted by Gasteiger charge is -2.34. The first-order valence-electron chi connectivity index (χ1n) is 5.58. The van der Waals surface area contributed by atoms with Gasteiger partial charge in [0.05, 0.1) is 13.2 Å². The van der Waals surface area contributed by atoms with Crippen molar-refractivity contribution in [1.82, 2.24) is 4.90 Å². The normalized spacial score (nSPS) is 19.6. The van der Waals surface area contributed by atoms with Crippen molar-refractivity contribution in [1.29, 1.82) is 0 Å². The molecule has 88 valence electrons. The zero-order chi connectivity index (χ0) is 11.4. The Morgan fingerprint density at radius 3 is 2.44 bits per heavy atom. The molecule has 2 rings (SSSR count). The summed E-state index contributed by atoms with van der Waals surface area (Å²) < 4.78 is 18.1. The average Bonchev–Trinajstić information content (AvgIpc) is 2.34. The van der Waals surface area contributed by atoms with Crippen molar-refractivity contribution >= 4 is 0 Å². The third-order valence-corrected chi connectivity index (χ3v) is 2.96. The molecular weight excluding hydrogens is 207 g/mol. The van der Waals surface area contributed by atoms with Crippen molar-refractivity contribution in [2.45, 2.75) is 6.04 Å². The molecule has 3 nitrogen and oxygen atoms in total. The van der Waals surface area contributed by atoms with Gasteiger partial charge in [-0.05, 0) is 17.7 Å². The minimum atomic E-state index is -0.207. The van der Waals surface area contributed by atoms with Gasteiger partial charge in [-0.25, -0.2) is 4.39 Å². The second-order valence-corrected chi connectivity index (χ2v) is 3.95. The smallest absolute Gasteiger partial charge is 0.123 e. The summed E-state index contributed by atoms with van der Waals surface area (Å²) in [4.78, 5) is 2.29. The minimum Gasteiger partial charge on any atom is -0.379 e. The highest BCUT2D eigenvalue weighted by Crippen LogP contribution is 2.20. The molecule has 0 aromatic heterocycles. The van der Waals surface area contributed by atoms with Crippen LogP contribution in [0.1, 0.15) is 11.6 Å². The standard InChI is InChI=1S/C12H17FN2O/c13-11-3-1-10(2-4-11)12(9-14)15-5-7-16-8-6-15/h1-4,12H,5-9,14H2/t12-/m1/s1. The van der Waals surface area contributed by atoms with Crippen molar-refractivity contribution in [3.8, 4) is 0 Å². The van der Waals surface area contributed by atoms with E-state index < -0.39 is 0 Å². The van der Waals surface area contributed by atoms with Gasteiger partial charge >= 0.3 is 0 Å². The molecule has 1 aliphatic heterocycles. The summed E-state index contributed by atoms with van der Waals surface area (Å²) in [6.45, 7) is 3.82. The summed E-state index contributed by atoms with van der Waals surface area (Å²) >= 11 is 0. The van der Waals surface area contributed by atoms with E-state index in [1.165, 1.54) is 12.1 Å². The van der Waals surface area contributed by atoms with Crippen molar-refractivity contribution in [2.75, 3.05) is 32.8 Å². The van der Waals surface area contributed by atoms with E-state index in [0.717, 1.165) is 31.9 Å². The molecule has 1 aromatic rings. The highest BCUT2D eigenvalue weighted by atomic mass is 19.1. The number of nitrogens with zero attached hydrogens (tertiary/aromatic N) is 1. The maximum absolute atomic E-state index is 12.8. The fourth-order valence-corrected chi connectivity index (χ4v) is 2.07. The van der Waals surface area contributed by atoms with Gasteiger partial charge in [-0.3, -0.25) is 4.90 Å². The first-order valence-corrected chi connectivity index (χ1v) is 5.58. The summed E-state index contributed by atoms with van der Waals surface area (Å²) in [6.07, 6.45) is 0. The first kappa shape index (κ1) is 11.5. The van der Waals surface area contributed by atoms with Crippen LogP contribution in [0.25, 0.3) is 0 Å². The fraction of sp³-hybridized carbons (Fsp3) is 0.500. The van der Waals surface area contributed by atoms with Gasteiger partial charge in [0, 0.05) is 25.7 Å². The largest absolute Gasteiger partial charge is 0.379 e. The van der Waals surface area contributed by atoms with Crippen LogP contribution in [0.2, 0.25) is 0 Å². The quantitative estimate of drug-likeness (QED) is 0.837. The van der Waals surface area contributed by atoms with Gasteiger partial charge in [0.2, 0.25) is 0 Å². The molecular formula is C12H17FN2O. The Labute approximate surface area is 95.0 Å². The van der Waals surface area contributed by atoms with Gasteiger partial charge in [-0.15, -0.1) is 0 Å². The van der Waals surface area contributed by atoms with Gasteiger partial charge in [0.1, 0.15) is 5.82 Å². The van der Waals surface area contributed by atoms with Crippen LogP contribution in [0.3, 0.4) is 0 Å². The van der Waals surface area contributed by atoms with Gasteiger partial charge in [-0.2, -0.15) is 0 Å². The van der Waals surface area contributed by atoms with Crippen LogP contribution in [0, 0.1) is 5.82 Å². The van der Waals surface area contributed by atoms with Crippen LogP contribution in [-0.2, 0) is 4.74 Å². The highest BCUT2D eigenvalue weighted by molar-refractivity contribution is 5.20. The molecule has 1 aromatic carbocycles. The molecule has 0 radical (unpaired) electrons. The molecule has 0 amide bonds. The Hall–Kier alpha value is -0.970. The summed E-state index contributed by atoms with van der Waals surface area (Å²) in [5.41, 5.74) is 6.87. The third-order valence-electron chi connectivity index (χ3n) is 2.96. The van der Waals surface area contributed by atoms with Gasteiger partial charge < -0.3 is 10.5 Å². The molecule has 0 aliphatic carbocycles. The summed E-state index contributed by atoms with van der Waals surface area (Å²) in [5.74, 6) is -0.207. The van der Waals surface area contributed by atoms with Crippen LogP contribution in [0.4, 0.5) is 4.39 Å². The summed E-state index contributed by atoms with van der Waals surface area (Å²) in [7, 11) is 0. The van der Waals surface area contributed by atoms with Crippen LogP contribution in [-0.4, -0.2) is 37.7 Å². The van der Waals surface area contributed by atoms with Crippen LogP contribution in [0.5, 0.6) is 0 Å². The minimum absolute atomic E-state index is 0.171. The lowest BCUT2D eigenvalue weighted by atomic mass is 10.0. The Balaban J connectivity index is 2.11. The van der Waals surface area contributed by atoms with E-state index in [2.05, 4.69) is 4.90 Å². The molecule has 1 saturated heterocycles. The summed E-state index contributed by atoms with van der Waals surface area (Å²) in [5, 5.41) is 0. The highest BCUT2D eigenvalue weighted by Gasteiger charge is 2.20. The van der Waals surface area contributed by atoms with E-state index in [0.29, 0.717) is 6.54 Å². The lowest BCUT2D eigenvalue weighted by Crippen LogP contribution is -2.41. The SMILES string of the molecule is NC[C@H](c1ccc(F)cc1)N1CCOCC1. The van der Waals surface area contributed by atoms with Gasteiger partial charge in [0.15, 0.2) is 0 Å². The molecule has 2 N–H and O–H groups in total. The van der Waals surface area contributed by atoms with Gasteiger partial charge in [0.25, 0.3) is 0 Å². The monoisotopic (exact) mass is 224 g/mol. The predicted molar refractivity (Wildman–Crippen MR) is 60.6 cm³/mol. The maximum Gasteiger partial charge on any atom is 0.123 e. The van der Waals surface area contributed by atoms with E-state index in [4.69, 9.17) is 10.5 Å². The number of benzene rings is 1. The van der Waals surface area contributed by atoms with E-state index in [9.17, 15) is 4.39 Å². The number of hydrogen-bond acceptors (Lipinski definition) is 3. The Morgan fingerprint density at radius 1 is 1.25 bits per heavy atom. The Kier molecular flexibility index (Phi) is 3.88. The topological polar surface area (TPSA) is 38.5 Å². The lowest BCUT2D eigenvalue weighted by molar-refractivity contribution is 0.0179. The van der Waals surface area contributed by atoms with Crippen LogP contribution < -0.4 is 5.73 Å². The van der Waals surface area contributed by atoms with Crippen LogP contribution >= 0.6 is 0 Å². The number of nitrogens with two attached hydrogens (primary N) is 1. The fourth-order valence-electron chi connectivity index (χ4n) is 2.07. The molecule has 16 heavy (non-hydrogen) atoms. The third kappa shape index (κ3) is 2.58. The molecule has 0 spiro atoms. The van der Waals surface area contributed by atoms with Crippen molar-refractivity contribution in [2.24, 2.45) is 5.73 Å². The van der Waals surface area contributed by atoms with Crippen molar-refractivity contribution in [3.63, 3.8) is 0 Å². The van der Waals surface area contributed by atoms with E-state index in [1.807, 2.05) is 12.1 Å². The second kappa shape index (κ2) is 5.39. The molecule has 0 bridgehead atoms. The molecule has 4 heteroatoms. The zero-order valence-electron chi connectivity index (χ0n) is 9.23. The molecule has 1 atom stereocenters. The molecule has 1 heterocycles.